The predicted molar refractivity (Wildman–Crippen MR) is 81.3 cm³/mol. The van der Waals surface area contributed by atoms with E-state index in [2.05, 4.69) is 41.6 Å². The van der Waals surface area contributed by atoms with Gasteiger partial charge in [-0.3, -0.25) is 9.71 Å². The minimum absolute atomic E-state index is 0.0147. The van der Waals surface area contributed by atoms with Crippen molar-refractivity contribution in [1.29, 1.82) is 0 Å². The number of anilines is 2. The SMILES string of the molecule is Nc1cc(F)c(Br)cc1S(=O)(=O)Nc1ccncc1Br. The van der Waals surface area contributed by atoms with Crippen molar-refractivity contribution in [2.45, 2.75) is 4.90 Å². The van der Waals surface area contributed by atoms with E-state index in [0.29, 0.717) is 10.2 Å². The van der Waals surface area contributed by atoms with Crippen molar-refractivity contribution in [2.24, 2.45) is 0 Å². The van der Waals surface area contributed by atoms with Gasteiger partial charge in [0.15, 0.2) is 0 Å². The molecule has 1 aromatic carbocycles. The summed E-state index contributed by atoms with van der Waals surface area (Å²) in [6.45, 7) is 0. The van der Waals surface area contributed by atoms with Gasteiger partial charge < -0.3 is 5.73 Å². The maximum Gasteiger partial charge on any atom is 0.264 e. The van der Waals surface area contributed by atoms with E-state index in [1.807, 2.05) is 0 Å². The number of nitrogens with zero attached hydrogens (tertiary/aromatic N) is 1. The molecule has 1 heterocycles. The van der Waals surface area contributed by atoms with E-state index in [1.54, 1.807) is 0 Å². The largest absolute Gasteiger partial charge is 0.398 e. The van der Waals surface area contributed by atoms with Gasteiger partial charge in [0.2, 0.25) is 0 Å². The first-order valence-electron chi connectivity index (χ1n) is 5.18. The molecule has 3 N–H and O–H groups in total. The summed E-state index contributed by atoms with van der Waals surface area (Å²) in [7, 11) is -3.94. The summed E-state index contributed by atoms with van der Waals surface area (Å²) >= 11 is 6.11. The molecule has 0 amide bonds. The Bertz CT molecular complexity index is 768. The van der Waals surface area contributed by atoms with Crippen molar-refractivity contribution in [3.8, 4) is 0 Å². The molecule has 0 spiro atoms. The smallest absolute Gasteiger partial charge is 0.264 e. The normalized spacial score (nSPS) is 11.3. The van der Waals surface area contributed by atoms with E-state index in [9.17, 15) is 12.8 Å². The van der Waals surface area contributed by atoms with Crippen molar-refractivity contribution in [1.82, 2.24) is 4.98 Å². The van der Waals surface area contributed by atoms with Gasteiger partial charge in [0, 0.05) is 12.4 Å². The standard InChI is InChI=1S/C11H8Br2FN3O2S/c12-6-3-11(9(15)4-8(6)14)20(18,19)17-10-1-2-16-5-7(10)13/h1-5H,15H2,(H,16,17). The second kappa shape index (κ2) is 5.66. The van der Waals surface area contributed by atoms with Crippen LogP contribution < -0.4 is 10.5 Å². The summed E-state index contributed by atoms with van der Waals surface area (Å²) in [5.41, 5.74) is 5.69. The molecule has 106 valence electrons. The lowest BCUT2D eigenvalue weighted by Gasteiger charge is -2.11. The van der Waals surface area contributed by atoms with E-state index in [0.717, 1.165) is 12.1 Å². The van der Waals surface area contributed by atoms with Crippen LogP contribution in [0.15, 0.2) is 44.4 Å². The van der Waals surface area contributed by atoms with Crippen molar-refractivity contribution >= 4 is 53.3 Å². The van der Waals surface area contributed by atoms with Gasteiger partial charge in [0.1, 0.15) is 10.7 Å². The number of hydrogen-bond donors (Lipinski definition) is 2. The van der Waals surface area contributed by atoms with Gasteiger partial charge in [0.25, 0.3) is 10.0 Å². The highest BCUT2D eigenvalue weighted by molar-refractivity contribution is 9.10. The van der Waals surface area contributed by atoms with E-state index in [4.69, 9.17) is 5.73 Å². The Kier molecular flexibility index (Phi) is 4.31. The van der Waals surface area contributed by atoms with Crippen molar-refractivity contribution < 1.29 is 12.8 Å². The van der Waals surface area contributed by atoms with Gasteiger partial charge in [-0.05, 0) is 50.1 Å². The number of pyridine rings is 1. The van der Waals surface area contributed by atoms with Crippen LogP contribution in [0.3, 0.4) is 0 Å². The zero-order valence-corrected chi connectivity index (χ0v) is 13.8. The molecule has 2 aromatic rings. The quantitative estimate of drug-likeness (QED) is 0.741. The summed E-state index contributed by atoms with van der Waals surface area (Å²) in [6.07, 6.45) is 2.88. The average Bonchev–Trinajstić information content (AvgIpc) is 2.36. The molecule has 0 bridgehead atoms. The first-order chi connectivity index (χ1) is 9.31. The highest BCUT2D eigenvalue weighted by Gasteiger charge is 2.20. The second-order valence-corrected chi connectivity index (χ2v) is 7.12. The molecule has 1 aromatic heterocycles. The highest BCUT2D eigenvalue weighted by Crippen LogP contribution is 2.29. The molecule has 0 fully saturated rings. The summed E-state index contributed by atoms with van der Waals surface area (Å²) < 4.78 is 40.6. The number of nitrogens with one attached hydrogen (secondary N) is 1. The lowest BCUT2D eigenvalue weighted by atomic mass is 10.3. The molecule has 0 aliphatic carbocycles. The van der Waals surface area contributed by atoms with Crippen molar-refractivity contribution in [3.05, 3.63) is 45.4 Å². The Hall–Kier alpha value is -1.19. The Labute approximate surface area is 131 Å². The van der Waals surface area contributed by atoms with Crippen LogP contribution >= 0.6 is 31.9 Å². The lowest BCUT2D eigenvalue weighted by Crippen LogP contribution is -2.15. The third kappa shape index (κ3) is 3.10. The summed E-state index contributed by atoms with van der Waals surface area (Å²) in [5.74, 6) is -0.633. The van der Waals surface area contributed by atoms with Crippen molar-refractivity contribution in [3.63, 3.8) is 0 Å². The number of halogens is 3. The number of benzene rings is 1. The molecular formula is C11H8Br2FN3O2S. The topological polar surface area (TPSA) is 85.1 Å². The second-order valence-electron chi connectivity index (χ2n) is 3.77. The third-order valence-electron chi connectivity index (χ3n) is 2.36. The summed E-state index contributed by atoms with van der Waals surface area (Å²) in [6, 6.07) is 3.54. The van der Waals surface area contributed by atoms with E-state index in [-0.39, 0.29) is 15.1 Å². The number of nitrogens with two attached hydrogens (primary N) is 1. The maximum atomic E-state index is 13.3. The zero-order valence-electron chi connectivity index (χ0n) is 9.77. The fraction of sp³-hybridized carbons (Fsp3) is 0. The Balaban J connectivity index is 2.47. The van der Waals surface area contributed by atoms with Gasteiger partial charge in [0.05, 0.1) is 20.3 Å². The maximum absolute atomic E-state index is 13.3. The van der Waals surface area contributed by atoms with Gasteiger partial charge in [-0.25, -0.2) is 12.8 Å². The van der Waals surface area contributed by atoms with Gasteiger partial charge >= 0.3 is 0 Å². The number of hydrogen-bond acceptors (Lipinski definition) is 4. The highest BCUT2D eigenvalue weighted by atomic mass is 79.9. The van der Waals surface area contributed by atoms with Crippen LogP contribution in [-0.4, -0.2) is 13.4 Å². The Morgan fingerprint density at radius 2 is 1.95 bits per heavy atom. The van der Waals surface area contributed by atoms with E-state index >= 15 is 0 Å². The monoisotopic (exact) mass is 423 g/mol. The minimum atomic E-state index is -3.94. The predicted octanol–water partition coefficient (Wildman–Crippen LogP) is 3.13. The number of nitrogen functional groups attached to an aromatic ring is 1. The number of rotatable bonds is 3. The van der Waals surface area contributed by atoms with Crippen LogP contribution in [0, 0.1) is 5.82 Å². The molecule has 0 saturated carbocycles. The lowest BCUT2D eigenvalue weighted by molar-refractivity contribution is 0.599. The van der Waals surface area contributed by atoms with Crippen LogP contribution in [0.2, 0.25) is 0 Å². The fourth-order valence-corrected chi connectivity index (χ4v) is 3.63. The molecule has 9 heteroatoms. The molecule has 0 aliphatic heterocycles. The molecule has 20 heavy (non-hydrogen) atoms. The first kappa shape index (κ1) is 15.2. The van der Waals surface area contributed by atoms with Crippen LogP contribution in [-0.2, 0) is 10.0 Å². The summed E-state index contributed by atoms with van der Waals surface area (Å²) in [4.78, 5) is 3.61. The van der Waals surface area contributed by atoms with E-state index < -0.39 is 15.8 Å². The van der Waals surface area contributed by atoms with Crippen LogP contribution in [0.1, 0.15) is 0 Å². The molecule has 0 saturated heterocycles. The molecule has 0 atom stereocenters. The van der Waals surface area contributed by atoms with Gasteiger partial charge in [-0.2, -0.15) is 0 Å². The Morgan fingerprint density at radius 3 is 2.60 bits per heavy atom. The number of sulfonamides is 1. The molecule has 0 unspecified atom stereocenters. The van der Waals surface area contributed by atoms with E-state index in [1.165, 1.54) is 18.5 Å². The molecule has 0 aliphatic rings. The minimum Gasteiger partial charge on any atom is -0.398 e. The molecular weight excluding hydrogens is 417 g/mol. The molecule has 2 rings (SSSR count). The fourth-order valence-electron chi connectivity index (χ4n) is 1.43. The average molecular weight is 425 g/mol. The van der Waals surface area contributed by atoms with Gasteiger partial charge in [-0.1, -0.05) is 0 Å². The number of aromatic nitrogens is 1. The third-order valence-corrected chi connectivity index (χ3v) is 5.02. The Morgan fingerprint density at radius 1 is 1.25 bits per heavy atom. The molecule has 0 radical (unpaired) electrons. The summed E-state index contributed by atoms with van der Waals surface area (Å²) in [5, 5.41) is 0. The molecule has 5 nitrogen and oxygen atoms in total. The zero-order chi connectivity index (χ0) is 14.9. The van der Waals surface area contributed by atoms with Crippen LogP contribution in [0.25, 0.3) is 0 Å². The first-order valence-corrected chi connectivity index (χ1v) is 8.25. The van der Waals surface area contributed by atoms with Crippen molar-refractivity contribution in [2.75, 3.05) is 10.5 Å². The van der Waals surface area contributed by atoms with Crippen LogP contribution in [0.4, 0.5) is 15.8 Å². The van der Waals surface area contributed by atoms with Crippen LogP contribution in [0.5, 0.6) is 0 Å². The van der Waals surface area contributed by atoms with Gasteiger partial charge in [-0.15, -0.1) is 0 Å².